The van der Waals surface area contributed by atoms with Crippen LogP contribution in [0.2, 0.25) is 0 Å². The first-order valence-electron chi connectivity index (χ1n) is 9.40. The third kappa shape index (κ3) is 3.47. The van der Waals surface area contributed by atoms with Gasteiger partial charge in [0.1, 0.15) is 6.04 Å². The van der Waals surface area contributed by atoms with Gasteiger partial charge in [-0.15, -0.1) is 0 Å². The monoisotopic (exact) mass is 338 g/mol. The maximum Gasteiger partial charge on any atom is 0.244 e. The predicted octanol–water partition coefficient (Wildman–Crippen LogP) is 2.95. The first-order valence-corrected chi connectivity index (χ1v) is 9.40. The van der Waals surface area contributed by atoms with E-state index in [1.807, 2.05) is 24.4 Å². The molecule has 0 aliphatic carbocycles. The molecule has 1 amide bonds. The van der Waals surface area contributed by atoms with Gasteiger partial charge < -0.3 is 4.90 Å². The Kier molecular flexibility index (Phi) is 4.83. The summed E-state index contributed by atoms with van der Waals surface area (Å²) in [4.78, 5) is 17.7. The average molecular weight is 338 g/mol. The fraction of sp³-hybridized carbons (Fsp3) is 0.500. The summed E-state index contributed by atoms with van der Waals surface area (Å²) in [5, 5.41) is 7.19. The number of aromatic amines is 1. The Morgan fingerprint density at radius 1 is 1.04 bits per heavy atom. The second-order valence-electron chi connectivity index (χ2n) is 7.17. The van der Waals surface area contributed by atoms with Crippen molar-refractivity contribution in [1.29, 1.82) is 0 Å². The van der Waals surface area contributed by atoms with Crippen LogP contribution in [0.5, 0.6) is 0 Å². The van der Waals surface area contributed by atoms with Crippen molar-refractivity contribution in [2.75, 3.05) is 26.2 Å². The number of rotatable bonds is 4. The molecule has 0 saturated carbocycles. The van der Waals surface area contributed by atoms with Crippen LogP contribution in [-0.4, -0.2) is 52.1 Å². The Morgan fingerprint density at radius 2 is 1.76 bits per heavy atom. The van der Waals surface area contributed by atoms with Crippen molar-refractivity contribution < 1.29 is 4.79 Å². The molecule has 2 fully saturated rings. The van der Waals surface area contributed by atoms with Crippen LogP contribution in [0.25, 0.3) is 0 Å². The van der Waals surface area contributed by atoms with Crippen molar-refractivity contribution >= 4 is 5.91 Å². The van der Waals surface area contributed by atoms with Crippen LogP contribution in [0.15, 0.2) is 42.6 Å². The molecule has 0 spiro atoms. The fourth-order valence-corrected chi connectivity index (χ4v) is 4.22. The van der Waals surface area contributed by atoms with Crippen LogP contribution in [0.1, 0.15) is 48.9 Å². The molecule has 2 aliphatic rings. The fourth-order valence-electron chi connectivity index (χ4n) is 4.22. The normalized spacial score (nSPS) is 20.7. The molecule has 2 aromatic rings. The molecule has 1 N–H and O–H groups in total. The molecule has 1 atom stereocenters. The highest BCUT2D eigenvalue weighted by molar-refractivity contribution is 5.83. The number of likely N-dealkylation sites (tertiary alicyclic amines) is 2. The van der Waals surface area contributed by atoms with Gasteiger partial charge in [-0.25, -0.2) is 0 Å². The van der Waals surface area contributed by atoms with Gasteiger partial charge in [-0.2, -0.15) is 5.10 Å². The molecule has 1 unspecified atom stereocenters. The number of hydrogen-bond acceptors (Lipinski definition) is 3. The molecule has 0 bridgehead atoms. The minimum atomic E-state index is -0.137. The third-order valence-electron chi connectivity index (χ3n) is 5.62. The lowest BCUT2D eigenvalue weighted by Crippen LogP contribution is -2.45. The number of H-pyrrole nitrogens is 1. The van der Waals surface area contributed by atoms with Gasteiger partial charge in [0.2, 0.25) is 5.91 Å². The molecule has 25 heavy (non-hydrogen) atoms. The van der Waals surface area contributed by atoms with E-state index >= 15 is 0 Å². The van der Waals surface area contributed by atoms with Crippen molar-refractivity contribution in [1.82, 2.24) is 20.0 Å². The second kappa shape index (κ2) is 7.40. The molecule has 132 valence electrons. The van der Waals surface area contributed by atoms with Gasteiger partial charge in [0.05, 0.1) is 0 Å². The Morgan fingerprint density at radius 3 is 2.40 bits per heavy atom. The highest BCUT2D eigenvalue weighted by atomic mass is 16.2. The molecular formula is C20H26N4O. The lowest BCUT2D eigenvalue weighted by atomic mass is 9.91. The lowest BCUT2D eigenvalue weighted by Gasteiger charge is -2.38. The number of hydrogen-bond donors (Lipinski definition) is 1. The van der Waals surface area contributed by atoms with E-state index < -0.39 is 0 Å². The molecule has 5 nitrogen and oxygen atoms in total. The number of benzene rings is 1. The van der Waals surface area contributed by atoms with Crippen molar-refractivity contribution in [3.8, 4) is 0 Å². The number of nitrogens with zero attached hydrogens (tertiary/aromatic N) is 3. The van der Waals surface area contributed by atoms with Crippen LogP contribution in [0.3, 0.4) is 0 Å². The lowest BCUT2D eigenvalue weighted by molar-refractivity contribution is -0.136. The van der Waals surface area contributed by atoms with Gasteiger partial charge in [-0.1, -0.05) is 30.3 Å². The maximum atomic E-state index is 13.2. The van der Waals surface area contributed by atoms with Crippen LogP contribution in [0.4, 0.5) is 0 Å². The van der Waals surface area contributed by atoms with Gasteiger partial charge >= 0.3 is 0 Å². The zero-order chi connectivity index (χ0) is 17.1. The standard InChI is InChI=1S/C20H26N4O/c25-20(24-12-4-5-13-24)19(17-6-2-1-3-7-17)23-14-9-16(10-15-23)18-8-11-21-22-18/h1-3,6-8,11,16,19H,4-5,9-10,12-15H2,(H,21,22). The molecule has 3 heterocycles. The largest absolute Gasteiger partial charge is 0.341 e. The van der Waals surface area contributed by atoms with Gasteiger partial charge in [0.25, 0.3) is 0 Å². The van der Waals surface area contributed by atoms with Crippen molar-refractivity contribution in [3.05, 3.63) is 53.9 Å². The molecule has 0 radical (unpaired) electrons. The minimum absolute atomic E-state index is 0.137. The number of carbonyl (C=O) groups excluding carboxylic acids is 1. The first-order chi connectivity index (χ1) is 12.3. The summed E-state index contributed by atoms with van der Waals surface area (Å²) in [6.45, 7) is 3.71. The Hall–Kier alpha value is -2.14. The van der Waals surface area contributed by atoms with Crippen LogP contribution < -0.4 is 0 Å². The zero-order valence-corrected chi connectivity index (χ0v) is 14.6. The predicted molar refractivity (Wildman–Crippen MR) is 97.1 cm³/mol. The topological polar surface area (TPSA) is 52.2 Å². The summed E-state index contributed by atoms with van der Waals surface area (Å²) in [7, 11) is 0. The molecule has 2 aliphatic heterocycles. The van der Waals surface area contributed by atoms with Gasteiger partial charge in [0, 0.05) is 30.9 Å². The molecule has 2 saturated heterocycles. The number of nitrogens with one attached hydrogen (secondary N) is 1. The van der Waals surface area contributed by atoms with Gasteiger partial charge in [-0.05, 0) is 50.4 Å². The van der Waals surface area contributed by atoms with E-state index in [0.717, 1.165) is 57.4 Å². The van der Waals surface area contributed by atoms with E-state index in [1.165, 1.54) is 5.69 Å². The van der Waals surface area contributed by atoms with Crippen molar-refractivity contribution in [2.24, 2.45) is 0 Å². The summed E-state index contributed by atoms with van der Waals surface area (Å²) in [6.07, 6.45) is 6.23. The third-order valence-corrected chi connectivity index (χ3v) is 5.62. The van der Waals surface area contributed by atoms with E-state index in [4.69, 9.17) is 0 Å². The SMILES string of the molecule is O=C(C(c1ccccc1)N1CCC(c2ccn[nH]2)CC1)N1CCCC1. The summed E-state index contributed by atoms with van der Waals surface area (Å²) in [5.74, 6) is 0.806. The highest BCUT2D eigenvalue weighted by Crippen LogP contribution is 2.33. The number of piperidine rings is 1. The molecule has 1 aromatic heterocycles. The Bertz CT molecular complexity index is 671. The molecule has 4 rings (SSSR count). The maximum absolute atomic E-state index is 13.2. The minimum Gasteiger partial charge on any atom is -0.341 e. The summed E-state index contributed by atoms with van der Waals surface area (Å²) < 4.78 is 0. The summed E-state index contributed by atoms with van der Waals surface area (Å²) in [5.41, 5.74) is 2.35. The average Bonchev–Trinajstić information content (AvgIpc) is 3.37. The van der Waals surface area contributed by atoms with Crippen LogP contribution in [0, 0.1) is 0 Å². The van der Waals surface area contributed by atoms with Crippen LogP contribution in [-0.2, 0) is 4.79 Å². The number of aromatic nitrogens is 2. The van der Waals surface area contributed by atoms with Gasteiger partial charge in [0.15, 0.2) is 0 Å². The van der Waals surface area contributed by atoms with E-state index in [-0.39, 0.29) is 11.9 Å². The van der Waals surface area contributed by atoms with Crippen molar-refractivity contribution in [3.63, 3.8) is 0 Å². The number of carbonyl (C=O) groups is 1. The second-order valence-corrected chi connectivity index (χ2v) is 7.17. The molecular weight excluding hydrogens is 312 g/mol. The first kappa shape index (κ1) is 16.3. The Labute approximate surface area is 149 Å². The molecule has 5 heteroatoms. The van der Waals surface area contributed by atoms with Crippen molar-refractivity contribution in [2.45, 2.75) is 37.6 Å². The van der Waals surface area contributed by atoms with Gasteiger partial charge in [-0.3, -0.25) is 14.8 Å². The highest BCUT2D eigenvalue weighted by Gasteiger charge is 2.34. The van der Waals surface area contributed by atoms with E-state index in [0.29, 0.717) is 5.92 Å². The zero-order valence-electron chi connectivity index (χ0n) is 14.6. The van der Waals surface area contributed by atoms with E-state index in [1.54, 1.807) is 0 Å². The van der Waals surface area contributed by atoms with E-state index in [9.17, 15) is 4.79 Å². The summed E-state index contributed by atoms with van der Waals surface area (Å²) in [6, 6.07) is 12.2. The molecule has 1 aromatic carbocycles. The summed E-state index contributed by atoms with van der Waals surface area (Å²) >= 11 is 0. The smallest absolute Gasteiger partial charge is 0.244 e. The van der Waals surface area contributed by atoms with E-state index in [2.05, 4.69) is 38.2 Å². The number of amides is 1. The quantitative estimate of drug-likeness (QED) is 0.932. The Balaban J connectivity index is 1.51. The van der Waals surface area contributed by atoms with Crippen LogP contribution >= 0.6 is 0 Å².